The van der Waals surface area contributed by atoms with Crippen LogP contribution in [0.1, 0.15) is 18.1 Å². The van der Waals surface area contributed by atoms with Gasteiger partial charge in [0.15, 0.2) is 23.3 Å². The highest BCUT2D eigenvalue weighted by Gasteiger charge is 2.25. The number of aliphatic carboxylic acids is 1. The summed E-state index contributed by atoms with van der Waals surface area (Å²) < 4.78 is 71.5. The summed E-state index contributed by atoms with van der Waals surface area (Å²) in [5.41, 5.74) is -0.258. The van der Waals surface area contributed by atoms with Gasteiger partial charge in [-0.25, -0.2) is 26.7 Å². The fourth-order valence-electron chi connectivity index (χ4n) is 2.03. The van der Waals surface area contributed by atoms with Crippen molar-refractivity contribution in [3.8, 4) is 5.75 Å². The molecule has 8 heteroatoms. The Labute approximate surface area is 139 Å². The van der Waals surface area contributed by atoms with Crippen molar-refractivity contribution in [2.45, 2.75) is 13.5 Å². The minimum absolute atomic E-state index is 0.0691. The van der Waals surface area contributed by atoms with Gasteiger partial charge in [-0.1, -0.05) is 12.1 Å². The average Bonchev–Trinajstić information content (AvgIpc) is 2.58. The van der Waals surface area contributed by atoms with Crippen LogP contribution in [-0.4, -0.2) is 11.1 Å². The van der Waals surface area contributed by atoms with Crippen LogP contribution in [0.15, 0.2) is 30.3 Å². The molecule has 0 aromatic heterocycles. The van der Waals surface area contributed by atoms with E-state index in [9.17, 15) is 26.7 Å². The summed E-state index contributed by atoms with van der Waals surface area (Å²) in [4.78, 5) is 10.7. The van der Waals surface area contributed by atoms with E-state index in [1.807, 2.05) is 0 Å². The van der Waals surface area contributed by atoms with E-state index in [4.69, 9.17) is 9.84 Å². The minimum atomic E-state index is -2.24. The molecule has 2 rings (SSSR count). The summed E-state index contributed by atoms with van der Waals surface area (Å²) in [5.74, 6) is -11.4. The molecular weight excluding hydrogens is 347 g/mol. The summed E-state index contributed by atoms with van der Waals surface area (Å²) in [5, 5.41) is 8.71. The molecule has 0 bridgehead atoms. The maximum Gasteiger partial charge on any atom is 0.328 e. The highest BCUT2D eigenvalue weighted by Crippen LogP contribution is 2.25. The van der Waals surface area contributed by atoms with Crippen molar-refractivity contribution in [2.24, 2.45) is 0 Å². The first-order valence-corrected chi connectivity index (χ1v) is 6.87. The van der Waals surface area contributed by atoms with E-state index in [1.165, 1.54) is 25.1 Å². The second kappa shape index (κ2) is 7.33. The summed E-state index contributed by atoms with van der Waals surface area (Å²) in [6, 6.07) is 5.83. The van der Waals surface area contributed by atoms with Crippen LogP contribution in [0, 0.1) is 29.1 Å². The number of carboxylic acid groups (broad SMARTS) is 1. The quantitative estimate of drug-likeness (QED) is 0.372. The lowest BCUT2D eigenvalue weighted by atomic mass is 10.1. The van der Waals surface area contributed by atoms with Crippen LogP contribution in [0.2, 0.25) is 0 Å². The van der Waals surface area contributed by atoms with Crippen LogP contribution in [0.4, 0.5) is 22.0 Å². The fourth-order valence-corrected chi connectivity index (χ4v) is 2.03. The second-order valence-electron chi connectivity index (χ2n) is 5.03. The molecule has 0 aliphatic carbocycles. The molecule has 25 heavy (non-hydrogen) atoms. The molecule has 0 fully saturated rings. The first kappa shape index (κ1) is 18.4. The first-order valence-electron chi connectivity index (χ1n) is 6.87. The Morgan fingerprint density at radius 3 is 2.16 bits per heavy atom. The SMILES string of the molecule is C/C(=C\C(=O)O)c1cccc(OCc2c(F)c(F)c(F)c(F)c2F)c1. The third-order valence-electron chi connectivity index (χ3n) is 3.31. The lowest BCUT2D eigenvalue weighted by molar-refractivity contribution is -0.131. The predicted molar refractivity (Wildman–Crippen MR) is 78.3 cm³/mol. The molecule has 0 saturated carbocycles. The molecule has 3 nitrogen and oxygen atoms in total. The molecule has 0 aliphatic heterocycles. The Bertz CT molecular complexity index is 833. The Morgan fingerprint density at radius 1 is 1.04 bits per heavy atom. The average molecular weight is 358 g/mol. The highest BCUT2D eigenvalue weighted by molar-refractivity contribution is 5.89. The number of hydrogen-bond donors (Lipinski definition) is 1. The van der Waals surface area contributed by atoms with Crippen molar-refractivity contribution < 1.29 is 36.6 Å². The van der Waals surface area contributed by atoms with Crippen molar-refractivity contribution in [1.29, 1.82) is 0 Å². The van der Waals surface area contributed by atoms with E-state index >= 15 is 0 Å². The number of halogens is 5. The molecule has 0 saturated heterocycles. The lowest BCUT2D eigenvalue weighted by Crippen LogP contribution is -2.09. The molecule has 0 unspecified atom stereocenters. The zero-order valence-electron chi connectivity index (χ0n) is 12.7. The molecule has 2 aromatic rings. The maximum atomic E-state index is 13.6. The predicted octanol–water partition coefficient (Wildman–Crippen LogP) is 4.45. The van der Waals surface area contributed by atoms with Gasteiger partial charge in [-0.3, -0.25) is 0 Å². The Balaban J connectivity index is 2.28. The number of carboxylic acids is 1. The van der Waals surface area contributed by atoms with Gasteiger partial charge < -0.3 is 9.84 Å². The fraction of sp³-hybridized carbons (Fsp3) is 0.118. The van der Waals surface area contributed by atoms with Gasteiger partial charge in [0.05, 0.1) is 5.56 Å². The van der Waals surface area contributed by atoms with Gasteiger partial charge in [0.2, 0.25) is 5.82 Å². The number of ether oxygens (including phenoxy) is 1. The molecule has 132 valence electrons. The third kappa shape index (κ3) is 3.96. The number of hydrogen-bond acceptors (Lipinski definition) is 2. The largest absolute Gasteiger partial charge is 0.489 e. The molecule has 1 N–H and O–H groups in total. The number of rotatable bonds is 5. The molecular formula is C17H11F5O3. The molecule has 0 spiro atoms. The third-order valence-corrected chi connectivity index (χ3v) is 3.31. The Hall–Kier alpha value is -2.90. The van der Waals surface area contributed by atoms with E-state index in [-0.39, 0.29) is 5.75 Å². The standard InChI is InChI=1S/C17H11F5O3/c1-8(5-12(23)24)9-3-2-4-10(6-9)25-7-11-13(18)15(20)17(22)16(21)14(11)19/h2-6H,7H2,1H3,(H,23,24)/b8-5+. The lowest BCUT2D eigenvalue weighted by Gasteiger charge is -2.11. The monoisotopic (exact) mass is 358 g/mol. The van der Waals surface area contributed by atoms with Crippen LogP contribution < -0.4 is 4.74 Å². The molecule has 0 aliphatic rings. The number of carbonyl (C=O) groups is 1. The summed E-state index contributed by atoms with van der Waals surface area (Å²) in [7, 11) is 0. The normalized spacial score (nSPS) is 11.5. The van der Waals surface area contributed by atoms with Gasteiger partial charge in [-0.2, -0.15) is 0 Å². The van der Waals surface area contributed by atoms with Crippen molar-refractivity contribution in [2.75, 3.05) is 0 Å². The number of allylic oxidation sites excluding steroid dienone is 1. The van der Waals surface area contributed by atoms with Crippen molar-refractivity contribution in [3.05, 3.63) is 70.6 Å². The maximum absolute atomic E-state index is 13.6. The van der Waals surface area contributed by atoms with E-state index < -0.39 is 47.2 Å². The first-order chi connectivity index (χ1) is 11.7. The van der Waals surface area contributed by atoms with E-state index in [2.05, 4.69) is 0 Å². The van der Waals surface area contributed by atoms with Crippen molar-refractivity contribution in [3.63, 3.8) is 0 Å². The van der Waals surface area contributed by atoms with Crippen molar-refractivity contribution >= 4 is 11.5 Å². The van der Waals surface area contributed by atoms with E-state index in [0.29, 0.717) is 11.1 Å². The van der Waals surface area contributed by atoms with Crippen LogP contribution >= 0.6 is 0 Å². The smallest absolute Gasteiger partial charge is 0.328 e. The van der Waals surface area contributed by atoms with Crippen LogP contribution in [0.3, 0.4) is 0 Å². The zero-order chi connectivity index (χ0) is 18.7. The summed E-state index contributed by atoms with van der Waals surface area (Å²) in [6.45, 7) is 0.633. The van der Waals surface area contributed by atoms with Gasteiger partial charge in [0.25, 0.3) is 0 Å². The Kier molecular flexibility index (Phi) is 5.41. The second-order valence-corrected chi connectivity index (χ2v) is 5.03. The molecule has 0 amide bonds. The van der Waals surface area contributed by atoms with Crippen LogP contribution in [0.25, 0.3) is 5.57 Å². The minimum Gasteiger partial charge on any atom is -0.489 e. The van der Waals surface area contributed by atoms with Crippen LogP contribution in [-0.2, 0) is 11.4 Å². The van der Waals surface area contributed by atoms with Gasteiger partial charge in [-0.05, 0) is 30.2 Å². The van der Waals surface area contributed by atoms with Gasteiger partial charge >= 0.3 is 5.97 Å². The van der Waals surface area contributed by atoms with Gasteiger partial charge in [0.1, 0.15) is 12.4 Å². The zero-order valence-corrected chi connectivity index (χ0v) is 12.7. The molecule has 0 atom stereocenters. The topological polar surface area (TPSA) is 46.5 Å². The summed E-state index contributed by atoms with van der Waals surface area (Å²) >= 11 is 0. The Morgan fingerprint density at radius 2 is 1.60 bits per heavy atom. The summed E-state index contributed by atoms with van der Waals surface area (Å²) in [6.07, 6.45) is 0.948. The molecule has 0 heterocycles. The highest BCUT2D eigenvalue weighted by atomic mass is 19.2. The van der Waals surface area contributed by atoms with Crippen LogP contribution in [0.5, 0.6) is 5.75 Å². The molecule has 2 aromatic carbocycles. The molecule has 0 radical (unpaired) electrons. The van der Waals surface area contributed by atoms with Gasteiger partial charge in [-0.15, -0.1) is 0 Å². The van der Waals surface area contributed by atoms with E-state index in [0.717, 1.165) is 6.08 Å². The van der Waals surface area contributed by atoms with Crippen molar-refractivity contribution in [1.82, 2.24) is 0 Å². The number of benzene rings is 2. The van der Waals surface area contributed by atoms with Gasteiger partial charge in [0, 0.05) is 6.08 Å². The van der Waals surface area contributed by atoms with E-state index in [1.54, 1.807) is 6.07 Å².